The molecule has 1 heterocycles. The molecule has 0 saturated carbocycles. The van der Waals surface area contributed by atoms with Crippen LogP contribution in [0.3, 0.4) is 0 Å². The van der Waals surface area contributed by atoms with Gasteiger partial charge in [-0.15, -0.1) is 0 Å². The van der Waals surface area contributed by atoms with Crippen molar-refractivity contribution in [2.75, 3.05) is 0 Å². The summed E-state index contributed by atoms with van der Waals surface area (Å²) in [6.07, 6.45) is 2.43. The SMILES string of the molecule is Cc1nn(Cc2c(Cl)cccc2Cl)c(Cl)c1C=CC(=O)O. The molecule has 0 aliphatic heterocycles. The van der Waals surface area contributed by atoms with Crippen molar-refractivity contribution >= 4 is 46.8 Å². The van der Waals surface area contributed by atoms with Crippen molar-refractivity contribution in [1.82, 2.24) is 9.78 Å². The summed E-state index contributed by atoms with van der Waals surface area (Å²) in [6.45, 7) is 2.05. The molecule has 0 aliphatic carbocycles. The molecule has 1 aromatic heterocycles. The van der Waals surface area contributed by atoms with Crippen molar-refractivity contribution in [3.8, 4) is 0 Å². The van der Waals surface area contributed by atoms with Gasteiger partial charge in [0.1, 0.15) is 5.15 Å². The fourth-order valence-corrected chi connectivity index (χ4v) is 2.66. The van der Waals surface area contributed by atoms with Crippen LogP contribution < -0.4 is 0 Å². The molecular formula is C14H11Cl3N2O2. The van der Waals surface area contributed by atoms with Crippen LogP contribution in [-0.2, 0) is 11.3 Å². The lowest BCUT2D eigenvalue weighted by molar-refractivity contribution is -0.131. The molecule has 0 unspecified atom stereocenters. The summed E-state index contributed by atoms with van der Waals surface area (Å²) in [7, 11) is 0. The van der Waals surface area contributed by atoms with E-state index in [-0.39, 0.29) is 0 Å². The molecule has 0 radical (unpaired) electrons. The Morgan fingerprint density at radius 1 is 1.33 bits per heavy atom. The number of rotatable bonds is 4. The second-order valence-corrected chi connectivity index (χ2v) is 5.49. The third-order valence-corrected chi connectivity index (χ3v) is 3.98. The number of aliphatic carboxylic acids is 1. The predicted octanol–water partition coefficient (Wildman–Crippen LogP) is 4.30. The smallest absolute Gasteiger partial charge is 0.328 e. The molecule has 2 rings (SSSR count). The summed E-state index contributed by atoms with van der Waals surface area (Å²) < 4.78 is 1.53. The molecular weight excluding hydrogens is 335 g/mol. The predicted molar refractivity (Wildman–Crippen MR) is 84.2 cm³/mol. The van der Waals surface area contributed by atoms with E-state index in [9.17, 15) is 4.79 Å². The van der Waals surface area contributed by atoms with E-state index in [1.807, 2.05) is 0 Å². The van der Waals surface area contributed by atoms with Gasteiger partial charge < -0.3 is 5.11 Å². The average molecular weight is 346 g/mol. The number of carbonyl (C=O) groups is 1. The van der Waals surface area contributed by atoms with Crippen LogP contribution in [0.25, 0.3) is 6.08 Å². The van der Waals surface area contributed by atoms with Gasteiger partial charge in [0.2, 0.25) is 0 Å². The van der Waals surface area contributed by atoms with E-state index in [0.29, 0.717) is 38.6 Å². The average Bonchev–Trinajstić information content (AvgIpc) is 2.67. The minimum absolute atomic E-state index is 0.305. The number of hydrogen-bond acceptors (Lipinski definition) is 2. The molecule has 0 amide bonds. The fourth-order valence-electron chi connectivity index (χ4n) is 1.85. The van der Waals surface area contributed by atoms with Crippen LogP contribution in [0, 0.1) is 6.92 Å². The number of aryl methyl sites for hydroxylation is 1. The Balaban J connectivity index is 2.38. The first-order valence-corrected chi connectivity index (χ1v) is 7.10. The van der Waals surface area contributed by atoms with Gasteiger partial charge in [0, 0.05) is 27.2 Å². The van der Waals surface area contributed by atoms with Crippen LogP contribution in [0.1, 0.15) is 16.8 Å². The second kappa shape index (κ2) is 6.52. The Morgan fingerprint density at radius 3 is 2.52 bits per heavy atom. The molecule has 21 heavy (non-hydrogen) atoms. The van der Waals surface area contributed by atoms with Crippen LogP contribution in [0.15, 0.2) is 24.3 Å². The van der Waals surface area contributed by atoms with Gasteiger partial charge in [-0.25, -0.2) is 9.48 Å². The van der Waals surface area contributed by atoms with Crippen molar-refractivity contribution in [3.05, 3.63) is 56.3 Å². The van der Waals surface area contributed by atoms with E-state index in [0.717, 1.165) is 6.08 Å². The first-order valence-electron chi connectivity index (χ1n) is 5.97. The first kappa shape index (κ1) is 15.9. The molecule has 0 aliphatic rings. The fraction of sp³-hybridized carbons (Fsp3) is 0.143. The van der Waals surface area contributed by atoms with Crippen molar-refractivity contribution in [3.63, 3.8) is 0 Å². The molecule has 0 spiro atoms. The maximum atomic E-state index is 10.6. The highest BCUT2D eigenvalue weighted by atomic mass is 35.5. The van der Waals surface area contributed by atoms with E-state index >= 15 is 0 Å². The Kier molecular flexibility index (Phi) is 4.93. The number of nitrogens with zero attached hydrogens (tertiary/aromatic N) is 2. The molecule has 0 atom stereocenters. The van der Waals surface area contributed by atoms with Gasteiger partial charge >= 0.3 is 5.97 Å². The highest BCUT2D eigenvalue weighted by Crippen LogP contribution is 2.28. The minimum atomic E-state index is -1.05. The van der Waals surface area contributed by atoms with Crippen molar-refractivity contribution in [2.24, 2.45) is 0 Å². The zero-order valence-corrected chi connectivity index (χ0v) is 13.2. The molecule has 0 fully saturated rings. The molecule has 1 aromatic carbocycles. The number of halogens is 3. The minimum Gasteiger partial charge on any atom is -0.478 e. The lowest BCUT2D eigenvalue weighted by Gasteiger charge is -2.08. The standard InChI is InChI=1S/C14H11Cl3N2O2/c1-8-9(5-6-13(20)21)14(17)19(18-8)7-10-11(15)3-2-4-12(10)16/h2-6H,7H2,1H3,(H,20,21). The Morgan fingerprint density at radius 2 is 1.95 bits per heavy atom. The van der Waals surface area contributed by atoms with Crippen LogP contribution in [0.5, 0.6) is 0 Å². The highest BCUT2D eigenvalue weighted by Gasteiger charge is 2.14. The van der Waals surface area contributed by atoms with Gasteiger partial charge in [0.15, 0.2) is 0 Å². The number of aromatic nitrogens is 2. The quantitative estimate of drug-likeness (QED) is 0.841. The van der Waals surface area contributed by atoms with E-state index in [4.69, 9.17) is 39.9 Å². The summed E-state index contributed by atoms with van der Waals surface area (Å²) >= 11 is 18.5. The summed E-state index contributed by atoms with van der Waals surface area (Å²) in [4.78, 5) is 10.6. The normalized spacial score (nSPS) is 11.2. The van der Waals surface area contributed by atoms with Crippen LogP contribution in [0.2, 0.25) is 15.2 Å². The van der Waals surface area contributed by atoms with E-state index in [2.05, 4.69) is 5.10 Å². The lowest BCUT2D eigenvalue weighted by atomic mass is 10.2. The maximum absolute atomic E-state index is 10.6. The Bertz CT molecular complexity index is 703. The Hall–Kier alpha value is -1.49. The van der Waals surface area contributed by atoms with Gasteiger partial charge in [0.05, 0.1) is 12.2 Å². The molecule has 0 saturated heterocycles. The van der Waals surface area contributed by atoms with Crippen LogP contribution in [-0.4, -0.2) is 20.9 Å². The summed E-state index contributed by atoms with van der Waals surface area (Å²) in [5, 5.41) is 14.3. The number of hydrogen-bond donors (Lipinski definition) is 1. The maximum Gasteiger partial charge on any atom is 0.328 e. The van der Waals surface area contributed by atoms with E-state index in [1.165, 1.54) is 10.8 Å². The highest BCUT2D eigenvalue weighted by molar-refractivity contribution is 6.36. The lowest BCUT2D eigenvalue weighted by Crippen LogP contribution is -2.03. The van der Waals surface area contributed by atoms with E-state index in [1.54, 1.807) is 25.1 Å². The number of carboxylic acids is 1. The summed E-state index contributed by atoms with van der Waals surface area (Å²) in [5.41, 5.74) is 1.89. The van der Waals surface area contributed by atoms with Crippen molar-refractivity contribution < 1.29 is 9.90 Å². The molecule has 0 bridgehead atoms. The summed E-state index contributed by atoms with van der Waals surface area (Å²) in [5.74, 6) is -1.05. The molecule has 2 aromatic rings. The van der Waals surface area contributed by atoms with Gasteiger partial charge in [-0.2, -0.15) is 5.10 Å². The molecule has 4 nitrogen and oxygen atoms in total. The summed E-state index contributed by atoms with van der Waals surface area (Å²) in [6, 6.07) is 5.22. The van der Waals surface area contributed by atoms with Gasteiger partial charge in [-0.05, 0) is 25.1 Å². The van der Waals surface area contributed by atoms with Crippen molar-refractivity contribution in [1.29, 1.82) is 0 Å². The van der Waals surface area contributed by atoms with Gasteiger partial charge in [0.25, 0.3) is 0 Å². The van der Waals surface area contributed by atoms with Crippen LogP contribution >= 0.6 is 34.8 Å². The molecule has 110 valence electrons. The third kappa shape index (κ3) is 3.59. The first-order chi connectivity index (χ1) is 9.90. The van der Waals surface area contributed by atoms with Crippen molar-refractivity contribution in [2.45, 2.75) is 13.5 Å². The molecule has 1 N–H and O–H groups in total. The monoisotopic (exact) mass is 344 g/mol. The molecule has 7 heteroatoms. The zero-order chi connectivity index (χ0) is 15.6. The topological polar surface area (TPSA) is 55.1 Å². The number of benzene rings is 1. The van der Waals surface area contributed by atoms with Crippen LogP contribution in [0.4, 0.5) is 0 Å². The van der Waals surface area contributed by atoms with Gasteiger partial charge in [-0.3, -0.25) is 0 Å². The third-order valence-electron chi connectivity index (χ3n) is 2.87. The van der Waals surface area contributed by atoms with E-state index < -0.39 is 5.97 Å². The second-order valence-electron chi connectivity index (χ2n) is 4.32. The zero-order valence-electron chi connectivity index (χ0n) is 11.0. The number of carboxylic acid groups (broad SMARTS) is 1. The Labute approximate surface area is 136 Å². The largest absolute Gasteiger partial charge is 0.478 e. The van der Waals surface area contributed by atoms with Gasteiger partial charge in [-0.1, -0.05) is 40.9 Å².